The molecule has 2 aromatic heterocycles. The summed E-state index contributed by atoms with van der Waals surface area (Å²) in [6.45, 7) is 3.64. The van der Waals surface area contributed by atoms with Crippen molar-refractivity contribution in [3.63, 3.8) is 0 Å². The first-order valence-electron chi connectivity index (χ1n) is 8.20. The third-order valence-corrected chi connectivity index (χ3v) is 4.57. The summed E-state index contributed by atoms with van der Waals surface area (Å²) in [4.78, 5) is 24.8. The van der Waals surface area contributed by atoms with E-state index < -0.39 is 0 Å². The summed E-state index contributed by atoms with van der Waals surface area (Å²) < 4.78 is 0. The van der Waals surface area contributed by atoms with Crippen LogP contribution in [0.25, 0.3) is 6.08 Å². The lowest BCUT2D eigenvalue weighted by molar-refractivity contribution is -0.125. The summed E-state index contributed by atoms with van der Waals surface area (Å²) in [6.07, 6.45) is 6.77. The Kier molecular flexibility index (Phi) is 4.44. The highest BCUT2D eigenvalue weighted by Gasteiger charge is 2.39. The normalized spacial score (nSPS) is 19.2. The molecule has 25 heavy (non-hydrogen) atoms. The van der Waals surface area contributed by atoms with Crippen LogP contribution in [0.15, 0.2) is 42.7 Å². The van der Waals surface area contributed by atoms with Crippen molar-refractivity contribution in [2.75, 3.05) is 37.8 Å². The SMILES string of the molecule is CN(CC1(C)CN(C)c2ncccc21)C(=O)C=Cc1ccc(N)nc1. The van der Waals surface area contributed by atoms with Crippen LogP contribution in [-0.2, 0) is 10.2 Å². The van der Waals surface area contributed by atoms with Crippen LogP contribution in [0.4, 0.5) is 11.6 Å². The number of rotatable bonds is 4. The van der Waals surface area contributed by atoms with E-state index in [1.807, 2.05) is 26.2 Å². The molecule has 1 atom stereocenters. The zero-order chi connectivity index (χ0) is 18.0. The number of likely N-dealkylation sites (N-methyl/N-ethyl adjacent to an activating group) is 2. The van der Waals surface area contributed by atoms with Crippen molar-refractivity contribution in [3.8, 4) is 0 Å². The van der Waals surface area contributed by atoms with Crippen LogP contribution < -0.4 is 10.6 Å². The summed E-state index contributed by atoms with van der Waals surface area (Å²) in [5.74, 6) is 1.42. The zero-order valence-corrected chi connectivity index (χ0v) is 14.8. The number of pyridine rings is 2. The van der Waals surface area contributed by atoms with Gasteiger partial charge in [0.1, 0.15) is 11.6 Å². The molecule has 0 bridgehead atoms. The fourth-order valence-corrected chi connectivity index (χ4v) is 3.40. The smallest absolute Gasteiger partial charge is 0.246 e. The molecule has 1 unspecified atom stereocenters. The molecule has 0 spiro atoms. The number of nitrogens with two attached hydrogens (primary N) is 1. The van der Waals surface area contributed by atoms with Crippen LogP contribution in [0, 0.1) is 0 Å². The van der Waals surface area contributed by atoms with Crippen molar-refractivity contribution in [2.24, 2.45) is 0 Å². The Hall–Kier alpha value is -2.89. The van der Waals surface area contributed by atoms with Crippen molar-refractivity contribution < 1.29 is 4.79 Å². The van der Waals surface area contributed by atoms with Crippen LogP contribution in [0.2, 0.25) is 0 Å². The third kappa shape index (κ3) is 3.47. The Morgan fingerprint density at radius 3 is 2.92 bits per heavy atom. The minimum Gasteiger partial charge on any atom is -0.384 e. The summed E-state index contributed by atoms with van der Waals surface area (Å²) in [5.41, 5.74) is 7.46. The summed E-state index contributed by atoms with van der Waals surface area (Å²) in [6, 6.07) is 7.60. The Balaban J connectivity index is 1.70. The first-order valence-corrected chi connectivity index (χ1v) is 8.20. The Morgan fingerprint density at radius 2 is 2.20 bits per heavy atom. The predicted molar refractivity (Wildman–Crippen MR) is 100 cm³/mol. The first kappa shape index (κ1) is 17.0. The van der Waals surface area contributed by atoms with Gasteiger partial charge in [-0.1, -0.05) is 13.0 Å². The topological polar surface area (TPSA) is 75.3 Å². The molecule has 2 aromatic rings. The minimum absolute atomic E-state index is 0.0435. The van der Waals surface area contributed by atoms with E-state index in [0.717, 1.165) is 17.9 Å². The number of aromatic nitrogens is 2. The van der Waals surface area contributed by atoms with Crippen LogP contribution in [0.3, 0.4) is 0 Å². The van der Waals surface area contributed by atoms with Crippen molar-refractivity contribution in [3.05, 3.63) is 53.9 Å². The molecule has 0 aliphatic carbocycles. The van der Waals surface area contributed by atoms with Gasteiger partial charge in [0.25, 0.3) is 0 Å². The lowest BCUT2D eigenvalue weighted by Crippen LogP contribution is -2.42. The molecule has 3 rings (SSSR count). The highest BCUT2D eigenvalue weighted by atomic mass is 16.2. The molecule has 6 heteroatoms. The standard InChI is InChI=1S/C19H23N5O/c1-19(13-24(3)18-15(19)5-4-10-21-18)12-23(2)17(25)9-7-14-6-8-16(20)22-11-14/h4-11H,12-13H2,1-3H3,(H2,20,22). The van der Waals surface area contributed by atoms with E-state index in [1.54, 1.807) is 35.5 Å². The van der Waals surface area contributed by atoms with E-state index in [4.69, 9.17) is 5.73 Å². The lowest BCUT2D eigenvalue weighted by Gasteiger charge is -2.30. The van der Waals surface area contributed by atoms with Gasteiger partial charge in [-0.15, -0.1) is 0 Å². The van der Waals surface area contributed by atoms with Crippen molar-refractivity contribution >= 4 is 23.6 Å². The van der Waals surface area contributed by atoms with Gasteiger partial charge in [-0.2, -0.15) is 0 Å². The summed E-state index contributed by atoms with van der Waals surface area (Å²) >= 11 is 0. The number of carbonyl (C=O) groups excluding carboxylic acids is 1. The van der Waals surface area contributed by atoms with Gasteiger partial charge < -0.3 is 15.5 Å². The molecule has 0 saturated carbocycles. The molecule has 1 aliphatic rings. The zero-order valence-electron chi connectivity index (χ0n) is 14.8. The maximum absolute atomic E-state index is 12.5. The van der Waals surface area contributed by atoms with Crippen molar-refractivity contribution in [1.29, 1.82) is 0 Å². The monoisotopic (exact) mass is 337 g/mol. The second-order valence-electron chi connectivity index (χ2n) is 6.84. The molecule has 0 fully saturated rings. The highest BCUT2D eigenvalue weighted by Crippen LogP contribution is 2.38. The number of hydrogen-bond donors (Lipinski definition) is 1. The second-order valence-corrected chi connectivity index (χ2v) is 6.84. The molecule has 2 N–H and O–H groups in total. The molecule has 1 amide bonds. The van der Waals surface area contributed by atoms with Crippen LogP contribution >= 0.6 is 0 Å². The molecule has 1 aliphatic heterocycles. The maximum Gasteiger partial charge on any atom is 0.246 e. The first-order chi connectivity index (χ1) is 11.9. The van der Waals surface area contributed by atoms with Gasteiger partial charge in [-0.3, -0.25) is 4.79 Å². The van der Waals surface area contributed by atoms with E-state index in [9.17, 15) is 4.79 Å². The Bertz CT molecular complexity index is 802. The molecule has 0 radical (unpaired) electrons. The number of fused-ring (bicyclic) bond motifs is 1. The molecule has 0 aromatic carbocycles. The average molecular weight is 337 g/mol. The number of amides is 1. The number of carbonyl (C=O) groups is 1. The number of anilines is 2. The van der Waals surface area contributed by atoms with Gasteiger partial charge in [0.2, 0.25) is 5.91 Å². The van der Waals surface area contributed by atoms with Gasteiger partial charge >= 0.3 is 0 Å². The molecule has 0 saturated heterocycles. The van der Waals surface area contributed by atoms with E-state index >= 15 is 0 Å². The Morgan fingerprint density at radius 1 is 1.40 bits per heavy atom. The Labute approximate surface area is 148 Å². The van der Waals surface area contributed by atoms with E-state index in [2.05, 4.69) is 27.9 Å². The maximum atomic E-state index is 12.5. The molecular formula is C19H23N5O. The van der Waals surface area contributed by atoms with Crippen molar-refractivity contribution in [1.82, 2.24) is 14.9 Å². The van der Waals surface area contributed by atoms with Gasteiger partial charge in [-0.25, -0.2) is 9.97 Å². The van der Waals surface area contributed by atoms with Crippen LogP contribution in [-0.4, -0.2) is 48.0 Å². The number of nitrogens with zero attached hydrogens (tertiary/aromatic N) is 4. The van der Waals surface area contributed by atoms with Crippen LogP contribution in [0.5, 0.6) is 0 Å². The molecule has 130 valence electrons. The predicted octanol–water partition coefficient (Wildman–Crippen LogP) is 1.94. The fourth-order valence-electron chi connectivity index (χ4n) is 3.40. The second kappa shape index (κ2) is 6.55. The summed E-state index contributed by atoms with van der Waals surface area (Å²) in [5, 5.41) is 0. The van der Waals surface area contributed by atoms with Gasteiger partial charge in [-0.05, 0) is 29.8 Å². The largest absolute Gasteiger partial charge is 0.384 e. The quantitative estimate of drug-likeness (QED) is 0.863. The number of hydrogen-bond acceptors (Lipinski definition) is 5. The molecule has 3 heterocycles. The van der Waals surface area contributed by atoms with Gasteiger partial charge in [0.15, 0.2) is 0 Å². The van der Waals surface area contributed by atoms with Crippen LogP contribution in [0.1, 0.15) is 18.1 Å². The average Bonchev–Trinajstić information content (AvgIpc) is 2.85. The number of nitrogen functional groups attached to an aromatic ring is 1. The minimum atomic E-state index is -0.140. The van der Waals surface area contributed by atoms with E-state index in [0.29, 0.717) is 12.4 Å². The lowest BCUT2D eigenvalue weighted by atomic mass is 9.85. The van der Waals surface area contributed by atoms with E-state index in [-0.39, 0.29) is 11.3 Å². The molecule has 6 nitrogen and oxygen atoms in total. The molecular weight excluding hydrogens is 314 g/mol. The van der Waals surface area contributed by atoms with Gasteiger partial charge in [0, 0.05) is 56.6 Å². The fraction of sp³-hybridized carbons (Fsp3) is 0.316. The van der Waals surface area contributed by atoms with Gasteiger partial charge in [0.05, 0.1) is 0 Å². The van der Waals surface area contributed by atoms with Crippen molar-refractivity contribution in [2.45, 2.75) is 12.3 Å². The summed E-state index contributed by atoms with van der Waals surface area (Å²) in [7, 11) is 3.86. The highest BCUT2D eigenvalue weighted by molar-refractivity contribution is 5.91. The third-order valence-electron chi connectivity index (χ3n) is 4.57. The van der Waals surface area contributed by atoms with E-state index in [1.165, 1.54) is 5.56 Å².